The number of para-hydroxylation sites is 1. The highest BCUT2D eigenvalue weighted by molar-refractivity contribution is 6.32. The number of amides is 1. The zero-order valence-corrected chi connectivity index (χ0v) is 11.4. The van der Waals surface area contributed by atoms with Gasteiger partial charge in [0.25, 0.3) is 11.6 Å². The highest BCUT2D eigenvalue weighted by Crippen LogP contribution is 2.26. The summed E-state index contributed by atoms with van der Waals surface area (Å²) in [4.78, 5) is 23.9. The van der Waals surface area contributed by atoms with Crippen LogP contribution in [0.15, 0.2) is 48.5 Å². The van der Waals surface area contributed by atoms with Gasteiger partial charge in [0.05, 0.1) is 4.92 Å². The van der Waals surface area contributed by atoms with Gasteiger partial charge in [-0.15, -0.1) is 0 Å². The lowest BCUT2D eigenvalue weighted by Gasteiger charge is -2.17. The van der Waals surface area contributed by atoms with Gasteiger partial charge in [0.1, 0.15) is 5.02 Å². The monoisotopic (exact) mass is 290 g/mol. The van der Waals surface area contributed by atoms with E-state index in [0.717, 1.165) is 0 Å². The molecule has 0 atom stereocenters. The van der Waals surface area contributed by atoms with Crippen LogP contribution in [0.25, 0.3) is 0 Å². The number of rotatable bonds is 3. The van der Waals surface area contributed by atoms with Crippen LogP contribution in [-0.4, -0.2) is 17.9 Å². The second-order valence-electron chi connectivity index (χ2n) is 4.12. The number of halogens is 1. The molecule has 1 amide bonds. The minimum absolute atomic E-state index is 0.00825. The van der Waals surface area contributed by atoms with Crippen LogP contribution in [0.4, 0.5) is 11.4 Å². The summed E-state index contributed by atoms with van der Waals surface area (Å²) < 4.78 is 0. The van der Waals surface area contributed by atoms with Crippen molar-refractivity contribution in [3.05, 3.63) is 69.2 Å². The summed E-state index contributed by atoms with van der Waals surface area (Å²) in [7, 11) is 1.61. The third-order valence-electron chi connectivity index (χ3n) is 2.84. The van der Waals surface area contributed by atoms with Gasteiger partial charge in [-0.3, -0.25) is 14.9 Å². The lowest BCUT2D eigenvalue weighted by molar-refractivity contribution is -0.384. The molecule has 20 heavy (non-hydrogen) atoms. The number of nitro groups is 1. The Bertz CT molecular complexity index is 659. The average Bonchev–Trinajstić information content (AvgIpc) is 2.47. The molecule has 5 nitrogen and oxygen atoms in total. The van der Waals surface area contributed by atoms with E-state index in [1.807, 2.05) is 18.2 Å². The molecule has 0 unspecified atom stereocenters. The maximum absolute atomic E-state index is 12.3. The van der Waals surface area contributed by atoms with Gasteiger partial charge in [-0.25, -0.2) is 0 Å². The Hall–Kier alpha value is -2.40. The van der Waals surface area contributed by atoms with Crippen LogP contribution in [0, 0.1) is 10.1 Å². The molecule has 0 aliphatic heterocycles. The van der Waals surface area contributed by atoms with Gasteiger partial charge in [-0.1, -0.05) is 29.8 Å². The first kappa shape index (κ1) is 14.0. The normalized spacial score (nSPS) is 10.1. The van der Waals surface area contributed by atoms with Crippen LogP contribution in [0.3, 0.4) is 0 Å². The number of carbonyl (C=O) groups is 1. The molecule has 102 valence electrons. The highest BCUT2D eigenvalue weighted by Gasteiger charge is 2.19. The van der Waals surface area contributed by atoms with Crippen molar-refractivity contribution < 1.29 is 9.72 Å². The van der Waals surface area contributed by atoms with E-state index in [1.54, 1.807) is 19.2 Å². The highest BCUT2D eigenvalue weighted by atomic mass is 35.5. The molecule has 0 N–H and O–H groups in total. The largest absolute Gasteiger partial charge is 0.311 e. The van der Waals surface area contributed by atoms with E-state index in [4.69, 9.17) is 11.6 Å². The molecule has 0 bridgehead atoms. The van der Waals surface area contributed by atoms with Crippen LogP contribution in [0.2, 0.25) is 5.02 Å². The summed E-state index contributed by atoms with van der Waals surface area (Å²) in [6.45, 7) is 0. The second-order valence-corrected chi connectivity index (χ2v) is 4.53. The first-order valence-electron chi connectivity index (χ1n) is 5.78. The van der Waals surface area contributed by atoms with Crippen molar-refractivity contribution in [2.45, 2.75) is 0 Å². The van der Waals surface area contributed by atoms with E-state index >= 15 is 0 Å². The first-order chi connectivity index (χ1) is 9.50. The number of nitro benzene ring substituents is 1. The average molecular weight is 291 g/mol. The number of benzene rings is 2. The molecule has 0 saturated carbocycles. The number of nitrogens with zero attached hydrogens (tertiary/aromatic N) is 2. The van der Waals surface area contributed by atoms with Crippen molar-refractivity contribution in [3.8, 4) is 0 Å². The van der Waals surface area contributed by atoms with Crippen molar-refractivity contribution in [2.24, 2.45) is 0 Å². The molecule has 0 aromatic heterocycles. The standard InChI is InChI=1S/C14H11ClN2O3/c1-16(11-5-3-2-4-6-11)14(18)10-7-8-12(15)13(9-10)17(19)20/h2-9H,1H3. The van der Waals surface area contributed by atoms with Gasteiger partial charge in [-0.05, 0) is 24.3 Å². The molecule has 0 spiro atoms. The minimum atomic E-state index is -0.609. The Balaban J connectivity index is 2.34. The van der Waals surface area contributed by atoms with Crippen molar-refractivity contribution in [1.82, 2.24) is 0 Å². The SMILES string of the molecule is CN(C(=O)c1ccc(Cl)c([N+](=O)[O-])c1)c1ccccc1. The molecule has 0 saturated heterocycles. The third kappa shape index (κ3) is 2.78. The summed E-state index contributed by atoms with van der Waals surface area (Å²) >= 11 is 5.73. The molecule has 2 aromatic carbocycles. The molecular weight excluding hydrogens is 280 g/mol. The fraction of sp³-hybridized carbons (Fsp3) is 0.0714. The van der Waals surface area contributed by atoms with Crippen molar-refractivity contribution in [2.75, 3.05) is 11.9 Å². The molecule has 0 fully saturated rings. The minimum Gasteiger partial charge on any atom is -0.311 e. The summed E-state index contributed by atoms with van der Waals surface area (Å²) in [5, 5.41) is 10.8. The Morgan fingerprint density at radius 3 is 2.45 bits per heavy atom. The number of carbonyl (C=O) groups excluding carboxylic acids is 1. The number of hydrogen-bond acceptors (Lipinski definition) is 3. The lowest BCUT2D eigenvalue weighted by Crippen LogP contribution is -2.26. The molecule has 0 aliphatic carbocycles. The molecule has 2 aromatic rings. The van der Waals surface area contributed by atoms with E-state index in [1.165, 1.54) is 23.1 Å². The maximum atomic E-state index is 12.3. The summed E-state index contributed by atoms with van der Waals surface area (Å²) in [5.41, 5.74) is 0.640. The lowest BCUT2D eigenvalue weighted by atomic mass is 10.1. The Morgan fingerprint density at radius 1 is 1.20 bits per heavy atom. The van der Waals surface area contributed by atoms with E-state index in [9.17, 15) is 14.9 Å². The van der Waals surface area contributed by atoms with Gasteiger partial charge in [0.15, 0.2) is 0 Å². The second kappa shape index (κ2) is 5.71. The van der Waals surface area contributed by atoms with Crippen molar-refractivity contribution >= 4 is 28.9 Å². The predicted molar refractivity (Wildman–Crippen MR) is 77.3 cm³/mol. The quantitative estimate of drug-likeness (QED) is 0.642. The predicted octanol–water partition coefficient (Wildman–Crippen LogP) is 3.52. The van der Waals surface area contributed by atoms with Crippen LogP contribution in [0.5, 0.6) is 0 Å². The maximum Gasteiger partial charge on any atom is 0.288 e. The molecule has 0 radical (unpaired) electrons. The van der Waals surface area contributed by atoms with Crippen LogP contribution in [0.1, 0.15) is 10.4 Å². The Labute approximate surface area is 120 Å². The summed E-state index contributed by atoms with van der Waals surface area (Å²) in [5.74, 6) is -0.337. The van der Waals surface area contributed by atoms with E-state index < -0.39 is 4.92 Å². The van der Waals surface area contributed by atoms with Gasteiger partial charge in [0, 0.05) is 24.4 Å². The van der Waals surface area contributed by atoms with Crippen LogP contribution < -0.4 is 4.90 Å². The van der Waals surface area contributed by atoms with Crippen LogP contribution >= 0.6 is 11.6 Å². The van der Waals surface area contributed by atoms with E-state index in [2.05, 4.69) is 0 Å². The third-order valence-corrected chi connectivity index (χ3v) is 3.16. The van der Waals surface area contributed by atoms with Crippen LogP contribution in [-0.2, 0) is 0 Å². The topological polar surface area (TPSA) is 63.5 Å². The van der Waals surface area contributed by atoms with Gasteiger partial charge in [-0.2, -0.15) is 0 Å². The first-order valence-corrected chi connectivity index (χ1v) is 6.15. The zero-order chi connectivity index (χ0) is 14.7. The summed E-state index contributed by atoms with van der Waals surface area (Å²) in [6, 6.07) is 13.0. The van der Waals surface area contributed by atoms with Crippen molar-refractivity contribution in [1.29, 1.82) is 0 Å². The van der Waals surface area contributed by atoms with Gasteiger partial charge < -0.3 is 4.90 Å². The number of anilines is 1. The molecule has 2 rings (SSSR count). The van der Waals surface area contributed by atoms with Gasteiger partial charge >= 0.3 is 0 Å². The smallest absolute Gasteiger partial charge is 0.288 e. The van der Waals surface area contributed by atoms with Crippen molar-refractivity contribution in [3.63, 3.8) is 0 Å². The fourth-order valence-corrected chi connectivity index (χ4v) is 1.93. The zero-order valence-electron chi connectivity index (χ0n) is 10.6. The number of hydrogen-bond donors (Lipinski definition) is 0. The molecule has 6 heteroatoms. The Kier molecular flexibility index (Phi) is 4.00. The summed E-state index contributed by atoms with van der Waals surface area (Å²) in [6.07, 6.45) is 0. The molecule has 0 aliphatic rings. The van der Waals surface area contributed by atoms with Gasteiger partial charge in [0.2, 0.25) is 0 Å². The molecule has 0 heterocycles. The molecular formula is C14H11ClN2O3. The fourth-order valence-electron chi connectivity index (χ4n) is 1.75. The van der Waals surface area contributed by atoms with E-state index in [-0.39, 0.29) is 22.2 Å². The Morgan fingerprint density at radius 2 is 1.85 bits per heavy atom. The van der Waals surface area contributed by atoms with E-state index in [0.29, 0.717) is 5.69 Å².